The van der Waals surface area contributed by atoms with Gasteiger partial charge < -0.3 is 9.73 Å². The van der Waals surface area contributed by atoms with Gasteiger partial charge in [0.15, 0.2) is 5.78 Å². The highest BCUT2D eigenvalue weighted by Gasteiger charge is 2.06. The molecule has 0 unspecified atom stereocenters. The third-order valence-corrected chi connectivity index (χ3v) is 2.75. The van der Waals surface area contributed by atoms with Crippen LogP contribution in [-0.2, 0) is 11.3 Å². The Hall–Kier alpha value is -2.36. The average Bonchev–Trinajstić information content (AvgIpc) is 2.85. The molecule has 98 valence electrons. The van der Waals surface area contributed by atoms with E-state index in [0.717, 1.165) is 11.3 Å². The number of carbonyl (C=O) groups is 2. The molecular formula is C15H15NO3. The second-order valence-electron chi connectivity index (χ2n) is 4.31. The fourth-order valence-electron chi connectivity index (χ4n) is 1.71. The van der Waals surface area contributed by atoms with Crippen LogP contribution in [0, 0.1) is 0 Å². The maximum Gasteiger partial charge on any atom is 0.217 e. The molecule has 0 aliphatic carbocycles. The zero-order valence-corrected chi connectivity index (χ0v) is 10.9. The van der Waals surface area contributed by atoms with E-state index in [2.05, 4.69) is 5.32 Å². The Labute approximate surface area is 111 Å². The van der Waals surface area contributed by atoms with Gasteiger partial charge in [-0.3, -0.25) is 9.59 Å². The minimum atomic E-state index is -0.0937. The first-order valence-electron chi connectivity index (χ1n) is 6.01. The molecule has 0 saturated heterocycles. The van der Waals surface area contributed by atoms with E-state index in [0.29, 0.717) is 17.9 Å². The van der Waals surface area contributed by atoms with Crippen molar-refractivity contribution in [1.82, 2.24) is 5.32 Å². The molecule has 1 aromatic carbocycles. The summed E-state index contributed by atoms with van der Waals surface area (Å²) >= 11 is 0. The van der Waals surface area contributed by atoms with Gasteiger partial charge in [-0.25, -0.2) is 0 Å². The van der Waals surface area contributed by atoms with Crippen molar-refractivity contribution in [2.45, 2.75) is 20.4 Å². The van der Waals surface area contributed by atoms with Crippen molar-refractivity contribution in [2.75, 3.05) is 0 Å². The summed E-state index contributed by atoms with van der Waals surface area (Å²) < 4.78 is 5.62. The van der Waals surface area contributed by atoms with Crippen LogP contribution in [0.15, 0.2) is 40.8 Å². The third kappa shape index (κ3) is 3.31. The molecule has 0 atom stereocenters. The molecule has 0 spiro atoms. The first-order chi connectivity index (χ1) is 9.06. The first-order valence-corrected chi connectivity index (χ1v) is 6.01. The number of rotatable bonds is 4. The van der Waals surface area contributed by atoms with Crippen molar-refractivity contribution in [2.24, 2.45) is 0 Å². The fraction of sp³-hybridized carbons (Fsp3) is 0.200. The lowest BCUT2D eigenvalue weighted by Crippen LogP contribution is -2.18. The Kier molecular flexibility index (Phi) is 3.80. The number of furan rings is 1. The molecule has 0 fully saturated rings. The van der Waals surface area contributed by atoms with E-state index >= 15 is 0 Å². The van der Waals surface area contributed by atoms with E-state index in [9.17, 15) is 9.59 Å². The molecule has 4 heteroatoms. The largest absolute Gasteiger partial charge is 0.459 e. The summed E-state index contributed by atoms with van der Waals surface area (Å²) in [7, 11) is 0. The predicted octanol–water partition coefficient (Wildman–Crippen LogP) is 2.79. The predicted molar refractivity (Wildman–Crippen MR) is 71.7 cm³/mol. The second-order valence-corrected chi connectivity index (χ2v) is 4.31. The number of Topliss-reactive ketones (excluding diaryl/α,β-unsaturated/α-hetero) is 1. The van der Waals surface area contributed by atoms with Crippen LogP contribution in [0.1, 0.15) is 30.0 Å². The molecule has 2 aromatic rings. The monoisotopic (exact) mass is 257 g/mol. The van der Waals surface area contributed by atoms with Crippen LogP contribution >= 0.6 is 0 Å². The Bertz CT molecular complexity index is 596. The molecule has 4 nitrogen and oxygen atoms in total. The topological polar surface area (TPSA) is 59.3 Å². The van der Waals surface area contributed by atoms with Crippen LogP contribution in [0.3, 0.4) is 0 Å². The van der Waals surface area contributed by atoms with Gasteiger partial charge in [0.25, 0.3) is 0 Å². The van der Waals surface area contributed by atoms with Gasteiger partial charge in [0.1, 0.15) is 11.5 Å². The summed E-state index contributed by atoms with van der Waals surface area (Å²) in [6.45, 7) is 3.37. The number of amides is 1. The van der Waals surface area contributed by atoms with Crippen LogP contribution in [-0.4, -0.2) is 11.7 Å². The number of nitrogens with one attached hydrogen (secondary N) is 1. The van der Waals surface area contributed by atoms with Crippen molar-refractivity contribution < 1.29 is 14.0 Å². The van der Waals surface area contributed by atoms with Gasteiger partial charge in [0, 0.05) is 18.1 Å². The molecule has 1 aromatic heterocycles. The molecular weight excluding hydrogens is 242 g/mol. The van der Waals surface area contributed by atoms with E-state index in [-0.39, 0.29) is 11.7 Å². The zero-order chi connectivity index (χ0) is 13.8. The summed E-state index contributed by atoms with van der Waals surface area (Å²) in [5.74, 6) is 1.36. The van der Waals surface area contributed by atoms with Gasteiger partial charge in [0.05, 0.1) is 6.54 Å². The number of hydrogen-bond donors (Lipinski definition) is 1. The fourth-order valence-corrected chi connectivity index (χ4v) is 1.71. The lowest BCUT2D eigenvalue weighted by molar-refractivity contribution is -0.119. The third-order valence-electron chi connectivity index (χ3n) is 2.75. The molecule has 19 heavy (non-hydrogen) atoms. The Balaban J connectivity index is 2.13. The van der Waals surface area contributed by atoms with E-state index in [1.807, 2.05) is 24.3 Å². The molecule has 0 aliphatic heterocycles. The smallest absolute Gasteiger partial charge is 0.217 e. The highest BCUT2D eigenvalue weighted by atomic mass is 16.3. The van der Waals surface area contributed by atoms with Crippen molar-refractivity contribution in [3.63, 3.8) is 0 Å². The molecule has 1 amide bonds. The van der Waals surface area contributed by atoms with Crippen LogP contribution in [0.2, 0.25) is 0 Å². The molecule has 1 N–H and O–H groups in total. The molecule has 2 rings (SSSR count). The maximum absolute atomic E-state index is 11.2. The van der Waals surface area contributed by atoms with E-state index in [1.54, 1.807) is 12.1 Å². The second kappa shape index (κ2) is 5.52. The summed E-state index contributed by atoms with van der Waals surface area (Å²) in [4.78, 5) is 22.0. The van der Waals surface area contributed by atoms with Gasteiger partial charge in [-0.05, 0) is 19.1 Å². The Morgan fingerprint density at radius 2 is 1.74 bits per heavy atom. The summed E-state index contributed by atoms with van der Waals surface area (Å²) in [5, 5.41) is 2.67. The Morgan fingerprint density at radius 1 is 1.05 bits per heavy atom. The van der Waals surface area contributed by atoms with Crippen LogP contribution < -0.4 is 5.32 Å². The van der Waals surface area contributed by atoms with Gasteiger partial charge >= 0.3 is 0 Å². The maximum atomic E-state index is 11.2. The summed E-state index contributed by atoms with van der Waals surface area (Å²) in [6, 6.07) is 10.9. The summed E-state index contributed by atoms with van der Waals surface area (Å²) in [6.07, 6.45) is 0. The normalized spacial score (nSPS) is 10.2. The van der Waals surface area contributed by atoms with Crippen molar-refractivity contribution in [1.29, 1.82) is 0 Å². The highest BCUT2D eigenvalue weighted by Crippen LogP contribution is 2.22. The molecule has 0 radical (unpaired) electrons. The average molecular weight is 257 g/mol. The van der Waals surface area contributed by atoms with Crippen LogP contribution in [0.25, 0.3) is 11.3 Å². The van der Waals surface area contributed by atoms with Crippen molar-refractivity contribution >= 4 is 11.7 Å². The molecule has 0 saturated carbocycles. The SMILES string of the molecule is CC(=O)NCc1ccc(-c2ccc(C(C)=O)cc2)o1. The van der Waals surface area contributed by atoms with Crippen molar-refractivity contribution in [3.05, 3.63) is 47.7 Å². The van der Waals surface area contributed by atoms with E-state index in [1.165, 1.54) is 13.8 Å². The molecule has 0 bridgehead atoms. The molecule has 1 heterocycles. The van der Waals surface area contributed by atoms with Gasteiger partial charge in [0.2, 0.25) is 5.91 Å². The minimum absolute atomic E-state index is 0.0392. The zero-order valence-electron chi connectivity index (χ0n) is 10.9. The number of carbonyl (C=O) groups excluding carboxylic acids is 2. The minimum Gasteiger partial charge on any atom is -0.459 e. The van der Waals surface area contributed by atoms with E-state index < -0.39 is 0 Å². The van der Waals surface area contributed by atoms with Gasteiger partial charge in [-0.15, -0.1) is 0 Å². The lowest BCUT2D eigenvalue weighted by Gasteiger charge is -2.00. The quantitative estimate of drug-likeness (QED) is 0.857. The number of hydrogen-bond acceptors (Lipinski definition) is 3. The lowest BCUT2D eigenvalue weighted by atomic mass is 10.1. The standard InChI is InChI=1S/C15H15NO3/c1-10(17)12-3-5-13(6-4-12)15-8-7-14(19-15)9-16-11(2)18/h3-8H,9H2,1-2H3,(H,16,18). The van der Waals surface area contributed by atoms with Gasteiger partial charge in [-0.2, -0.15) is 0 Å². The highest BCUT2D eigenvalue weighted by molar-refractivity contribution is 5.94. The molecule has 0 aliphatic rings. The van der Waals surface area contributed by atoms with Gasteiger partial charge in [-0.1, -0.05) is 24.3 Å². The first kappa shape index (κ1) is 13.1. The summed E-state index contributed by atoms with van der Waals surface area (Å²) in [5.41, 5.74) is 1.58. The van der Waals surface area contributed by atoms with Crippen LogP contribution in [0.4, 0.5) is 0 Å². The van der Waals surface area contributed by atoms with Crippen molar-refractivity contribution in [3.8, 4) is 11.3 Å². The number of benzene rings is 1. The Morgan fingerprint density at radius 3 is 2.32 bits per heavy atom. The van der Waals surface area contributed by atoms with E-state index in [4.69, 9.17) is 4.42 Å². The number of ketones is 1. The van der Waals surface area contributed by atoms with Crippen LogP contribution in [0.5, 0.6) is 0 Å².